The van der Waals surface area contributed by atoms with E-state index in [4.69, 9.17) is 0 Å². The predicted octanol–water partition coefficient (Wildman–Crippen LogP) is 4.08. The number of benzene rings is 2. The molecule has 0 saturated carbocycles. The van der Waals surface area contributed by atoms with Crippen molar-refractivity contribution in [2.75, 3.05) is 43.4 Å². The van der Waals surface area contributed by atoms with Crippen LogP contribution in [0.25, 0.3) is 22.2 Å². The van der Waals surface area contributed by atoms with E-state index in [0.29, 0.717) is 33.5 Å². The van der Waals surface area contributed by atoms with Gasteiger partial charge >= 0.3 is 0 Å². The lowest BCUT2D eigenvalue weighted by atomic mass is 10.0. The van der Waals surface area contributed by atoms with Crippen molar-refractivity contribution in [1.29, 1.82) is 0 Å². The van der Waals surface area contributed by atoms with Gasteiger partial charge in [-0.2, -0.15) is 5.10 Å². The zero-order valence-electron chi connectivity index (χ0n) is 18.6. The maximum absolute atomic E-state index is 14.4. The van der Waals surface area contributed by atoms with E-state index in [1.807, 2.05) is 37.3 Å². The van der Waals surface area contributed by atoms with Crippen LogP contribution in [0.3, 0.4) is 0 Å². The summed E-state index contributed by atoms with van der Waals surface area (Å²) in [6, 6.07) is 14.3. The third-order valence-electron chi connectivity index (χ3n) is 6.16. The summed E-state index contributed by atoms with van der Waals surface area (Å²) in [6.45, 7) is 5.84. The Hall–Kier alpha value is -3.78. The first kappa shape index (κ1) is 21.1. The van der Waals surface area contributed by atoms with Gasteiger partial charge in [0.25, 0.3) is 5.91 Å². The number of anilines is 2. The number of nitrogens with one attached hydrogen (secondary N) is 2. The van der Waals surface area contributed by atoms with Gasteiger partial charge in [0, 0.05) is 48.4 Å². The summed E-state index contributed by atoms with van der Waals surface area (Å²) in [7, 11) is 2.13. The van der Waals surface area contributed by atoms with E-state index >= 15 is 0 Å². The lowest BCUT2D eigenvalue weighted by Gasteiger charge is -2.34. The van der Waals surface area contributed by atoms with Crippen LogP contribution in [-0.2, 0) is 0 Å². The second-order valence-corrected chi connectivity index (χ2v) is 8.41. The molecule has 3 heterocycles. The number of hydrogen-bond acceptors (Lipinski definition) is 5. The van der Waals surface area contributed by atoms with Crippen molar-refractivity contribution in [1.82, 2.24) is 20.1 Å². The highest BCUT2D eigenvalue weighted by Gasteiger charge is 2.17. The number of nitrogens with zero attached hydrogens (tertiary/aromatic N) is 4. The first-order valence-electron chi connectivity index (χ1n) is 10.9. The Kier molecular flexibility index (Phi) is 5.51. The average Bonchev–Trinajstić information content (AvgIpc) is 3.21. The molecule has 1 saturated heterocycles. The summed E-state index contributed by atoms with van der Waals surface area (Å²) in [6.07, 6.45) is 1.60. The number of halogens is 1. The van der Waals surface area contributed by atoms with Crippen molar-refractivity contribution in [3.8, 4) is 11.3 Å². The normalized spacial score (nSPS) is 14.6. The summed E-state index contributed by atoms with van der Waals surface area (Å²) in [5.74, 6) is -0.207. The lowest BCUT2D eigenvalue weighted by molar-refractivity contribution is 0.102. The van der Waals surface area contributed by atoms with E-state index in [2.05, 4.69) is 37.3 Å². The standard InChI is InChI=1S/C25H25FN6O/c1-16-4-3-5-20(26)23(16)21-14-19-22(15-27-21)29-30-24(19)28-25(33)17-6-8-18(9-7-17)32-12-10-31(2)11-13-32/h3-9,14-15H,10-13H2,1-2H3,(H2,28,29,30,33). The van der Waals surface area contributed by atoms with Crippen LogP contribution in [-0.4, -0.2) is 59.2 Å². The molecule has 0 atom stereocenters. The zero-order valence-corrected chi connectivity index (χ0v) is 18.6. The van der Waals surface area contributed by atoms with Crippen LogP contribution < -0.4 is 10.2 Å². The van der Waals surface area contributed by atoms with Gasteiger partial charge in [0.1, 0.15) is 5.82 Å². The zero-order chi connectivity index (χ0) is 22.9. The van der Waals surface area contributed by atoms with E-state index in [0.717, 1.165) is 37.4 Å². The summed E-state index contributed by atoms with van der Waals surface area (Å²) < 4.78 is 14.4. The van der Waals surface area contributed by atoms with Crippen molar-refractivity contribution in [3.05, 3.63) is 71.7 Å². The smallest absolute Gasteiger partial charge is 0.256 e. The monoisotopic (exact) mass is 444 g/mol. The first-order chi connectivity index (χ1) is 16.0. The van der Waals surface area contributed by atoms with Crippen molar-refractivity contribution in [2.24, 2.45) is 0 Å². The minimum absolute atomic E-state index is 0.256. The number of carbonyl (C=O) groups is 1. The van der Waals surface area contributed by atoms with Gasteiger partial charge in [-0.05, 0) is 55.9 Å². The molecule has 7 nitrogen and oxygen atoms in total. The highest BCUT2D eigenvalue weighted by molar-refractivity contribution is 6.08. The van der Waals surface area contributed by atoms with Crippen LogP contribution in [0.4, 0.5) is 15.9 Å². The van der Waals surface area contributed by atoms with Gasteiger partial charge in [-0.1, -0.05) is 12.1 Å². The number of H-pyrrole nitrogens is 1. The maximum Gasteiger partial charge on any atom is 0.256 e. The molecule has 5 rings (SSSR count). The van der Waals surface area contributed by atoms with E-state index in [9.17, 15) is 9.18 Å². The Morgan fingerprint density at radius 3 is 2.58 bits per heavy atom. The van der Waals surface area contributed by atoms with Gasteiger partial charge in [0.15, 0.2) is 5.82 Å². The number of likely N-dealkylation sites (N-methyl/N-ethyl adjacent to an activating group) is 1. The molecule has 1 amide bonds. The molecule has 1 fully saturated rings. The molecule has 33 heavy (non-hydrogen) atoms. The highest BCUT2D eigenvalue weighted by atomic mass is 19.1. The number of aromatic nitrogens is 3. The van der Waals surface area contributed by atoms with E-state index < -0.39 is 0 Å². The number of hydrogen-bond donors (Lipinski definition) is 2. The summed E-state index contributed by atoms with van der Waals surface area (Å²) >= 11 is 0. The fourth-order valence-electron chi connectivity index (χ4n) is 4.17. The van der Waals surface area contributed by atoms with E-state index in [-0.39, 0.29) is 11.7 Å². The second-order valence-electron chi connectivity index (χ2n) is 8.41. The van der Waals surface area contributed by atoms with Gasteiger partial charge in [0.05, 0.1) is 17.4 Å². The third kappa shape index (κ3) is 4.17. The Balaban J connectivity index is 1.37. The third-order valence-corrected chi connectivity index (χ3v) is 6.16. The molecule has 1 aliphatic heterocycles. The maximum atomic E-state index is 14.4. The van der Waals surface area contributed by atoms with Gasteiger partial charge in [-0.25, -0.2) is 4.39 Å². The fourth-order valence-corrected chi connectivity index (χ4v) is 4.17. The molecule has 0 unspecified atom stereocenters. The molecule has 0 spiro atoms. The van der Waals surface area contributed by atoms with Crippen molar-refractivity contribution in [3.63, 3.8) is 0 Å². The first-order valence-corrected chi connectivity index (χ1v) is 10.9. The van der Waals surface area contributed by atoms with Crippen LogP contribution in [0.2, 0.25) is 0 Å². The van der Waals surface area contributed by atoms with Crippen molar-refractivity contribution in [2.45, 2.75) is 6.92 Å². The molecule has 0 aliphatic carbocycles. The van der Waals surface area contributed by atoms with Gasteiger partial charge in [-0.3, -0.25) is 14.9 Å². The number of carbonyl (C=O) groups excluding carboxylic acids is 1. The summed E-state index contributed by atoms with van der Waals surface area (Å²) in [4.78, 5) is 21.9. The number of amides is 1. The van der Waals surface area contributed by atoms with E-state index in [1.54, 1.807) is 18.3 Å². The number of fused-ring (bicyclic) bond motifs is 1. The molecule has 8 heteroatoms. The topological polar surface area (TPSA) is 77.2 Å². The molecular formula is C25H25FN6O. The van der Waals surface area contributed by atoms with Crippen molar-refractivity contribution >= 4 is 28.3 Å². The Morgan fingerprint density at radius 1 is 1.09 bits per heavy atom. The van der Waals surface area contributed by atoms with Gasteiger partial charge in [-0.15, -0.1) is 0 Å². The summed E-state index contributed by atoms with van der Waals surface area (Å²) in [5, 5.41) is 10.7. The summed E-state index contributed by atoms with van der Waals surface area (Å²) in [5.41, 5.74) is 4.04. The van der Waals surface area contributed by atoms with Crippen LogP contribution in [0, 0.1) is 12.7 Å². The van der Waals surface area contributed by atoms with Crippen LogP contribution in [0.1, 0.15) is 15.9 Å². The average molecular weight is 445 g/mol. The van der Waals surface area contributed by atoms with Crippen LogP contribution in [0.5, 0.6) is 0 Å². The molecule has 2 N–H and O–H groups in total. The number of aromatic amines is 1. The van der Waals surface area contributed by atoms with Gasteiger partial charge in [0.2, 0.25) is 0 Å². The van der Waals surface area contributed by atoms with Crippen LogP contribution >= 0.6 is 0 Å². The Labute approximate surface area is 191 Å². The molecular weight excluding hydrogens is 419 g/mol. The Morgan fingerprint density at radius 2 is 1.85 bits per heavy atom. The minimum Gasteiger partial charge on any atom is -0.369 e. The highest BCUT2D eigenvalue weighted by Crippen LogP contribution is 2.29. The quantitative estimate of drug-likeness (QED) is 0.496. The molecule has 2 aromatic heterocycles. The van der Waals surface area contributed by atoms with Crippen molar-refractivity contribution < 1.29 is 9.18 Å². The van der Waals surface area contributed by atoms with Gasteiger partial charge < -0.3 is 15.1 Å². The largest absolute Gasteiger partial charge is 0.369 e. The molecule has 2 aromatic carbocycles. The molecule has 0 bridgehead atoms. The minimum atomic E-state index is -0.337. The lowest BCUT2D eigenvalue weighted by Crippen LogP contribution is -2.44. The molecule has 0 radical (unpaired) electrons. The second kappa shape index (κ2) is 8.63. The fraction of sp³-hybridized carbons (Fsp3) is 0.240. The number of pyridine rings is 1. The predicted molar refractivity (Wildman–Crippen MR) is 128 cm³/mol. The molecule has 4 aromatic rings. The van der Waals surface area contributed by atoms with Crippen LogP contribution in [0.15, 0.2) is 54.7 Å². The number of rotatable bonds is 4. The number of aryl methyl sites for hydroxylation is 1. The van der Waals surface area contributed by atoms with E-state index in [1.165, 1.54) is 6.07 Å². The molecule has 1 aliphatic rings. The molecule has 168 valence electrons. The SMILES string of the molecule is Cc1cccc(F)c1-c1cc2c(NC(=O)c3ccc(N4CCN(C)CC4)cc3)n[nH]c2cn1. The number of piperazine rings is 1. The Bertz CT molecular complexity index is 1290.